The Morgan fingerprint density at radius 3 is 2.60 bits per heavy atom. The Morgan fingerprint density at radius 2 is 2.13 bits per heavy atom. The molecule has 3 nitrogen and oxygen atoms in total. The van der Waals surface area contributed by atoms with Gasteiger partial charge in [-0.1, -0.05) is 13.8 Å². The zero-order valence-electron chi connectivity index (χ0n) is 9.03. The Morgan fingerprint density at radius 1 is 1.47 bits per heavy atom. The van der Waals surface area contributed by atoms with Crippen molar-refractivity contribution in [1.82, 2.24) is 4.98 Å². The van der Waals surface area contributed by atoms with Crippen molar-refractivity contribution >= 4 is 5.97 Å². The number of hydrogen-bond donors (Lipinski definition) is 0. The molecule has 4 heteroatoms. The van der Waals surface area contributed by atoms with Crippen LogP contribution < -0.4 is 0 Å². The summed E-state index contributed by atoms with van der Waals surface area (Å²) in [5.74, 6) is -1.22. The largest absolute Gasteiger partial charge is 0.469 e. The fraction of sp³-hybridized carbons (Fsp3) is 0.455. The van der Waals surface area contributed by atoms with Crippen LogP contribution in [-0.4, -0.2) is 18.1 Å². The second-order valence-corrected chi connectivity index (χ2v) is 3.68. The number of hydrogen-bond acceptors (Lipinski definition) is 3. The Labute approximate surface area is 88.3 Å². The average Bonchev–Trinajstić information content (AvgIpc) is 2.17. The van der Waals surface area contributed by atoms with E-state index in [1.54, 1.807) is 0 Å². The van der Waals surface area contributed by atoms with Crippen LogP contribution in [0, 0.1) is 11.7 Å². The lowest BCUT2D eigenvalue weighted by Gasteiger charge is -2.18. The fourth-order valence-electron chi connectivity index (χ4n) is 1.52. The summed E-state index contributed by atoms with van der Waals surface area (Å²) in [4.78, 5) is 15.2. The van der Waals surface area contributed by atoms with Gasteiger partial charge in [-0.3, -0.25) is 9.78 Å². The molecule has 82 valence electrons. The van der Waals surface area contributed by atoms with Crippen LogP contribution >= 0.6 is 0 Å². The van der Waals surface area contributed by atoms with E-state index in [9.17, 15) is 9.18 Å². The van der Waals surface area contributed by atoms with Gasteiger partial charge in [-0.05, 0) is 17.5 Å². The maximum Gasteiger partial charge on any atom is 0.313 e. The van der Waals surface area contributed by atoms with Crippen molar-refractivity contribution in [2.75, 3.05) is 7.11 Å². The van der Waals surface area contributed by atoms with E-state index in [1.165, 1.54) is 19.4 Å². The number of aromatic nitrogens is 1. The number of methoxy groups -OCH3 is 1. The first-order valence-electron chi connectivity index (χ1n) is 4.74. The van der Waals surface area contributed by atoms with Crippen molar-refractivity contribution < 1.29 is 13.9 Å². The van der Waals surface area contributed by atoms with Gasteiger partial charge < -0.3 is 4.74 Å². The minimum atomic E-state index is -0.460. The lowest BCUT2D eigenvalue weighted by Crippen LogP contribution is -2.19. The molecule has 0 amide bonds. The molecule has 0 aliphatic rings. The Balaban J connectivity index is 3.04. The molecular weight excluding hydrogens is 197 g/mol. The molecule has 0 radical (unpaired) electrons. The third-order valence-corrected chi connectivity index (χ3v) is 2.21. The molecule has 0 aromatic carbocycles. The number of pyridine rings is 1. The molecule has 0 N–H and O–H groups in total. The van der Waals surface area contributed by atoms with E-state index in [-0.39, 0.29) is 11.9 Å². The predicted molar refractivity (Wildman–Crippen MR) is 53.8 cm³/mol. The summed E-state index contributed by atoms with van der Waals surface area (Å²) in [6, 6.07) is 1.31. The summed E-state index contributed by atoms with van der Waals surface area (Å²) in [6.45, 7) is 3.76. The summed E-state index contributed by atoms with van der Waals surface area (Å²) in [7, 11) is 1.32. The van der Waals surface area contributed by atoms with Crippen LogP contribution in [0.3, 0.4) is 0 Å². The molecule has 1 atom stereocenters. The fourth-order valence-corrected chi connectivity index (χ4v) is 1.52. The van der Waals surface area contributed by atoms with E-state index < -0.39 is 11.7 Å². The van der Waals surface area contributed by atoms with E-state index in [0.717, 1.165) is 6.20 Å². The third kappa shape index (κ3) is 2.75. The maximum atomic E-state index is 12.9. The number of rotatable bonds is 3. The van der Waals surface area contributed by atoms with Crippen LogP contribution in [0.2, 0.25) is 0 Å². The smallest absolute Gasteiger partial charge is 0.313 e. The van der Waals surface area contributed by atoms with Gasteiger partial charge in [0.05, 0.1) is 19.2 Å². The van der Waals surface area contributed by atoms with Crippen molar-refractivity contribution in [2.24, 2.45) is 5.92 Å². The average molecular weight is 211 g/mol. The third-order valence-electron chi connectivity index (χ3n) is 2.21. The molecule has 1 heterocycles. The second kappa shape index (κ2) is 4.87. The molecule has 1 rings (SSSR count). The molecular formula is C11H14FNO2. The van der Waals surface area contributed by atoms with E-state index in [1.807, 2.05) is 13.8 Å². The summed E-state index contributed by atoms with van der Waals surface area (Å²) in [6.07, 6.45) is 2.60. The van der Waals surface area contributed by atoms with Gasteiger partial charge in [0, 0.05) is 6.20 Å². The molecule has 0 aliphatic heterocycles. The van der Waals surface area contributed by atoms with E-state index >= 15 is 0 Å². The van der Waals surface area contributed by atoms with Gasteiger partial charge in [0.25, 0.3) is 0 Å². The Hall–Kier alpha value is -1.45. The van der Waals surface area contributed by atoms with Crippen LogP contribution in [0.5, 0.6) is 0 Å². The lowest BCUT2D eigenvalue weighted by molar-refractivity contribution is -0.143. The topological polar surface area (TPSA) is 39.2 Å². The minimum Gasteiger partial charge on any atom is -0.469 e. The zero-order valence-corrected chi connectivity index (χ0v) is 9.03. The highest BCUT2D eigenvalue weighted by molar-refractivity contribution is 5.78. The van der Waals surface area contributed by atoms with Crippen LogP contribution in [0.15, 0.2) is 18.5 Å². The SMILES string of the molecule is COC(=O)C(c1cncc(F)c1)C(C)C. The van der Waals surface area contributed by atoms with Gasteiger partial charge in [0.1, 0.15) is 5.82 Å². The van der Waals surface area contributed by atoms with E-state index in [4.69, 9.17) is 0 Å². The molecule has 1 aromatic heterocycles. The van der Waals surface area contributed by atoms with Crippen LogP contribution in [0.25, 0.3) is 0 Å². The molecule has 0 bridgehead atoms. The number of carbonyl (C=O) groups excluding carboxylic acids is 1. The predicted octanol–water partition coefficient (Wildman–Crippen LogP) is 2.13. The van der Waals surface area contributed by atoms with Crippen LogP contribution in [-0.2, 0) is 9.53 Å². The number of esters is 1. The maximum absolute atomic E-state index is 12.9. The van der Waals surface area contributed by atoms with Crippen LogP contribution in [0.1, 0.15) is 25.3 Å². The van der Waals surface area contributed by atoms with Crippen molar-refractivity contribution in [3.8, 4) is 0 Å². The number of halogens is 1. The number of carbonyl (C=O) groups is 1. The summed E-state index contributed by atoms with van der Waals surface area (Å²) < 4.78 is 17.6. The van der Waals surface area contributed by atoms with Crippen LogP contribution in [0.4, 0.5) is 4.39 Å². The quantitative estimate of drug-likeness (QED) is 0.719. The number of ether oxygens (including phenoxy) is 1. The second-order valence-electron chi connectivity index (χ2n) is 3.68. The first-order chi connectivity index (χ1) is 7.06. The molecule has 0 saturated heterocycles. The normalized spacial score (nSPS) is 12.6. The van der Waals surface area contributed by atoms with E-state index in [0.29, 0.717) is 5.56 Å². The highest BCUT2D eigenvalue weighted by Gasteiger charge is 2.25. The molecule has 0 spiro atoms. The summed E-state index contributed by atoms with van der Waals surface area (Å²) in [5, 5.41) is 0. The Bertz CT molecular complexity index is 352. The zero-order chi connectivity index (χ0) is 11.4. The van der Waals surface area contributed by atoms with Gasteiger partial charge in [0.2, 0.25) is 0 Å². The highest BCUT2D eigenvalue weighted by atomic mass is 19.1. The molecule has 1 aromatic rings. The van der Waals surface area contributed by atoms with Gasteiger partial charge in [0.15, 0.2) is 0 Å². The highest BCUT2D eigenvalue weighted by Crippen LogP contribution is 2.25. The summed E-state index contributed by atoms with van der Waals surface area (Å²) in [5.41, 5.74) is 0.553. The molecule has 0 aliphatic carbocycles. The number of nitrogens with zero attached hydrogens (tertiary/aromatic N) is 1. The Kier molecular flexibility index (Phi) is 3.77. The van der Waals surface area contributed by atoms with Crippen molar-refractivity contribution in [1.29, 1.82) is 0 Å². The first kappa shape index (κ1) is 11.6. The molecule has 15 heavy (non-hydrogen) atoms. The molecule has 0 saturated carbocycles. The van der Waals surface area contributed by atoms with Crippen molar-refractivity contribution in [2.45, 2.75) is 19.8 Å². The lowest BCUT2D eigenvalue weighted by atomic mass is 9.89. The molecule has 0 fully saturated rings. The first-order valence-corrected chi connectivity index (χ1v) is 4.74. The van der Waals surface area contributed by atoms with Gasteiger partial charge in [-0.15, -0.1) is 0 Å². The van der Waals surface area contributed by atoms with Gasteiger partial charge in [-0.2, -0.15) is 0 Å². The minimum absolute atomic E-state index is 0.0426. The standard InChI is InChI=1S/C11H14FNO2/c1-7(2)10(11(14)15-3)8-4-9(12)6-13-5-8/h4-7,10H,1-3H3. The summed E-state index contributed by atoms with van der Waals surface area (Å²) >= 11 is 0. The van der Waals surface area contributed by atoms with Crippen molar-refractivity contribution in [3.63, 3.8) is 0 Å². The molecule has 1 unspecified atom stereocenters. The van der Waals surface area contributed by atoms with Gasteiger partial charge >= 0.3 is 5.97 Å². The van der Waals surface area contributed by atoms with Gasteiger partial charge in [-0.25, -0.2) is 4.39 Å². The monoisotopic (exact) mass is 211 g/mol. The van der Waals surface area contributed by atoms with E-state index in [2.05, 4.69) is 9.72 Å². The van der Waals surface area contributed by atoms with Crippen molar-refractivity contribution in [3.05, 3.63) is 29.8 Å².